The second kappa shape index (κ2) is 15.5. The molecule has 3 heterocycles. The number of carbonyl (C=O) groups excluding carboxylic acids is 2. The van der Waals surface area contributed by atoms with Crippen LogP contribution in [0.1, 0.15) is 51.9 Å². The number of pyridine rings is 1. The van der Waals surface area contributed by atoms with Crippen LogP contribution in [0.3, 0.4) is 0 Å². The van der Waals surface area contributed by atoms with E-state index in [1.807, 2.05) is 18.2 Å². The molecule has 0 saturated carbocycles. The average Bonchev–Trinajstić information content (AvgIpc) is 2.85. The fourth-order valence-electron chi connectivity index (χ4n) is 4.11. The predicted molar refractivity (Wildman–Crippen MR) is 136 cm³/mol. The third-order valence-corrected chi connectivity index (χ3v) is 5.98. The highest BCUT2D eigenvalue weighted by Crippen LogP contribution is 2.24. The Labute approximate surface area is 208 Å². The van der Waals surface area contributed by atoms with Crippen molar-refractivity contribution in [2.24, 2.45) is 5.92 Å². The maximum atomic E-state index is 12.4. The lowest BCUT2D eigenvalue weighted by Gasteiger charge is -2.33. The molecule has 0 aliphatic carbocycles. The van der Waals surface area contributed by atoms with Crippen LogP contribution in [0.4, 0.5) is 0 Å². The van der Waals surface area contributed by atoms with Gasteiger partial charge in [0.15, 0.2) is 0 Å². The van der Waals surface area contributed by atoms with Crippen molar-refractivity contribution in [3.8, 4) is 0 Å². The largest absolute Gasteiger partial charge is 0.481 e. The first-order valence-electron chi connectivity index (χ1n) is 12.3. The average molecular weight is 483 g/mol. The standard InChI is InChI=1S/C22H33N3O4.C5H5N/c1-16(7-8-19-6-3-10-23-17(19)2)13-18-5-4-12-25(15-18)21(27)14-20(26)24-11-9-22(28)29;1-2-4-6-5-3-1/h7-8,18,23H,1,3-6,9-15H2,2H3,(H,24,26)(H,28,29);1-5H/b8-7-;. The Balaban J connectivity index is 0.000000625. The zero-order valence-corrected chi connectivity index (χ0v) is 20.7. The van der Waals surface area contributed by atoms with Crippen LogP contribution in [0.15, 0.2) is 66.2 Å². The number of nitrogens with zero attached hydrogens (tertiary/aromatic N) is 2. The molecule has 3 rings (SSSR count). The van der Waals surface area contributed by atoms with Gasteiger partial charge in [-0.2, -0.15) is 0 Å². The number of aromatic nitrogens is 1. The zero-order chi connectivity index (χ0) is 25.5. The summed E-state index contributed by atoms with van der Waals surface area (Å²) >= 11 is 0. The monoisotopic (exact) mass is 482 g/mol. The first-order valence-corrected chi connectivity index (χ1v) is 12.3. The van der Waals surface area contributed by atoms with Gasteiger partial charge in [0.25, 0.3) is 0 Å². The number of nitrogens with one attached hydrogen (secondary N) is 2. The molecular weight excluding hydrogens is 444 g/mol. The number of hydrogen-bond donors (Lipinski definition) is 3. The van der Waals surface area contributed by atoms with E-state index in [1.165, 1.54) is 11.3 Å². The molecular formula is C27H38N4O4. The van der Waals surface area contributed by atoms with Gasteiger partial charge < -0.3 is 20.6 Å². The van der Waals surface area contributed by atoms with Crippen LogP contribution in [-0.2, 0) is 14.4 Å². The molecule has 1 atom stereocenters. The highest BCUT2D eigenvalue weighted by Gasteiger charge is 2.25. The number of aliphatic carboxylic acids is 1. The molecule has 3 N–H and O–H groups in total. The van der Waals surface area contributed by atoms with E-state index in [0.717, 1.165) is 44.2 Å². The van der Waals surface area contributed by atoms with E-state index >= 15 is 0 Å². The van der Waals surface area contributed by atoms with E-state index in [0.29, 0.717) is 19.0 Å². The number of likely N-dealkylation sites (tertiary alicyclic amines) is 1. The molecule has 1 unspecified atom stereocenters. The summed E-state index contributed by atoms with van der Waals surface area (Å²) in [5.41, 5.74) is 3.62. The highest BCUT2D eigenvalue weighted by molar-refractivity contribution is 5.97. The van der Waals surface area contributed by atoms with Crippen molar-refractivity contribution in [3.63, 3.8) is 0 Å². The van der Waals surface area contributed by atoms with E-state index in [-0.39, 0.29) is 25.3 Å². The summed E-state index contributed by atoms with van der Waals surface area (Å²) < 4.78 is 0. The molecule has 1 saturated heterocycles. The van der Waals surface area contributed by atoms with Crippen LogP contribution in [0.5, 0.6) is 0 Å². The minimum atomic E-state index is -0.976. The van der Waals surface area contributed by atoms with Crippen LogP contribution >= 0.6 is 0 Å². The van der Waals surface area contributed by atoms with Crippen molar-refractivity contribution in [2.45, 2.75) is 51.9 Å². The van der Waals surface area contributed by atoms with Crippen molar-refractivity contribution in [1.82, 2.24) is 20.5 Å². The molecule has 0 aromatic carbocycles. The van der Waals surface area contributed by atoms with Crippen molar-refractivity contribution < 1.29 is 19.5 Å². The second-order valence-electron chi connectivity index (χ2n) is 8.92. The molecule has 8 nitrogen and oxygen atoms in total. The van der Waals surface area contributed by atoms with Gasteiger partial charge >= 0.3 is 5.97 Å². The van der Waals surface area contributed by atoms with Crippen molar-refractivity contribution in [1.29, 1.82) is 0 Å². The van der Waals surface area contributed by atoms with Gasteiger partial charge in [-0.3, -0.25) is 19.4 Å². The van der Waals surface area contributed by atoms with Crippen molar-refractivity contribution >= 4 is 17.8 Å². The van der Waals surface area contributed by atoms with E-state index in [4.69, 9.17) is 5.11 Å². The van der Waals surface area contributed by atoms with E-state index in [2.05, 4.69) is 41.3 Å². The van der Waals surface area contributed by atoms with Crippen molar-refractivity contribution in [2.75, 3.05) is 26.2 Å². The highest BCUT2D eigenvalue weighted by atomic mass is 16.4. The Morgan fingerprint density at radius 3 is 2.66 bits per heavy atom. The lowest BCUT2D eigenvalue weighted by molar-refractivity contribution is -0.137. The smallest absolute Gasteiger partial charge is 0.305 e. The third-order valence-electron chi connectivity index (χ3n) is 5.98. The molecule has 8 heteroatoms. The van der Waals surface area contributed by atoms with Gasteiger partial charge in [-0.05, 0) is 62.7 Å². The fourth-order valence-corrected chi connectivity index (χ4v) is 4.11. The molecule has 1 aromatic rings. The summed E-state index contributed by atoms with van der Waals surface area (Å²) in [7, 11) is 0. The number of carboxylic acid groups (broad SMARTS) is 1. The number of allylic oxidation sites excluding steroid dienone is 5. The Bertz CT molecular complexity index is 884. The summed E-state index contributed by atoms with van der Waals surface area (Å²) in [5.74, 6) is -1.25. The van der Waals surface area contributed by atoms with Gasteiger partial charge in [0.05, 0.1) is 6.42 Å². The van der Waals surface area contributed by atoms with Gasteiger partial charge in [0.1, 0.15) is 6.42 Å². The summed E-state index contributed by atoms with van der Waals surface area (Å²) in [4.78, 5) is 40.2. The quantitative estimate of drug-likeness (QED) is 0.367. The summed E-state index contributed by atoms with van der Waals surface area (Å²) in [6.07, 6.45) is 12.4. The van der Waals surface area contributed by atoms with E-state index < -0.39 is 11.9 Å². The maximum Gasteiger partial charge on any atom is 0.305 e. The Hall–Kier alpha value is -3.42. The minimum Gasteiger partial charge on any atom is -0.481 e. The molecule has 0 bridgehead atoms. The first-order chi connectivity index (χ1) is 16.8. The van der Waals surface area contributed by atoms with Gasteiger partial charge in [0, 0.05) is 44.3 Å². The van der Waals surface area contributed by atoms with Crippen LogP contribution in [-0.4, -0.2) is 59.0 Å². The van der Waals surface area contributed by atoms with Gasteiger partial charge in [0.2, 0.25) is 11.8 Å². The van der Waals surface area contributed by atoms with Crippen LogP contribution in [0.25, 0.3) is 0 Å². The number of piperidine rings is 1. The lowest BCUT2D eigenvalue weighted by atomic mass is 9.91. The normalized spacial score (nSPS) is 17.7. The van der Waals surface area contributed by atoms with E-state index in [1.54, 1.807) is 17.3 Å². The number of rotatable bonds is 9. The van der Waals surface area contributed by atoms with Crippen molar-refractivity contribution in [3.05, 3.63) is 66.2 Å². The van der Waals surface area contributed by atoms with Crippen LogP contribution in [0, 0.1) is 5.92 Å². The summed E-state index contributed by atoms with van der Waals surface area (Å²) in [6.45, 7) is 8.66. The maximum absolute atomic E-state index is 12.4. The Morgan fingerprint density at radius 1 is 1.26 bits per heavy atom. The number of amides is 2. The molecule has 0 spiro atoms. The van der Waals surface area contributed by atoms with Crippen LogP contribution in [0.2, 0.25) is 0 Å². The van der Waals surface area contributed by atoms with Gasteiger partial charge in [-0.1, -0.05) is 30.4 Å². The summed E-state index contributed by atoms with van der Waals surface area (Å²) in [6, 6.07) is 5.72. The summed E-state index contributed by atoms with van der Waals surface area (Å²) in [5, 5.41) is 14.5. The number of carboxylic acids is 1. The number of carbonyl (C=O) groups is 3. The van der Waals surface area contributed by atoms with E-state index in [9.17, 15) is 14.4 Å². The molecule has 2 amide bonds. The molecule has 1 fully saturated rings. The predicted octanol–water partition coefficient (Wildman–Crippen LogP) is 3.45. The zero-order valence-electron chi connectivity index (χ0n) is 20.7. The topological polar surface area (TPSA) is 112 Å². The third kappa shape index (κ3) is 11.5. The van der Waals surface area contributed by atoms with Gasteiger partial charge in [-0.15, -0.1) is 0 Å². The second-order valence-corrected chi connectivity index (χ2v) is 8.92. The molecule has 0 radical (unpaired) electrons. The first kappa shape index (κ1) is 27.8. The fraction of sp³-hybridized carbons (Fsp3) is 0.481. The van der Waals surface area contributed by atoms with Crippen LogP contribution < -0.4 is 10.6 Å². The Morgan fingerprint density at radius 2 is 2.03 bits per heavy atom. The molecule has 2 aliphatic rings. The molecule has 2 aliphatic heterocycles. The molecule has 190 valence electrons. The lowest BCUT2D eigenvalue weighted by Crippen LogP contribution is -2.42. The molecule has 1 aromatic heterocycles. The minimum absolute atomic E-state index is 0.0433. The number of hydrogen-bond acceptors (Lipinski definition) is 5. The molecule has 35 heavy (non-hydrogen) atoms. The Kier molecular flexibility index (Phi) is 12.3. The van der Waals surface area contributed by atoms with Gasteiger partial charge in [-0.25, -0.2) is 0 Å². The SMILES string of the molecule is C=C(/C=C\C1=C(C)NCCC1)CC1CCCN(C(=O)CC(=O)NCCC(=O)O)C1.c1ccncc1.